The van der Waals surface area contributed by atoms with Gasteiger partial charge in [0.1, 0.15) is 5.82 Å². The molecule has 0 aliphatic carbocycles. The number of aromatic nitrogens is 1. The van der Waals surface area contributed by atoms with Gasteiger partial charge in [0.2, 0.25) is 0 Å². The van der Waals surface area contributed by atoms with Gasteiger partial charge in [-0.1, -0.05) is 36.5 Å². The summed E-state index contributed by atoms with van der Waals surface area (Å²) < 4.78 is 15.2. The molecular formula is C21H25ClFN3OS. The van der Waals surface area contributed by atoms with E-state index in [1.165, 1.54) is 29.0 Å². The number of nitrogens with zero attached hydrogens (tertiary/aromatic N) is 3. The highest BCUT2D eigenvalue weighted by molar-refractivity contribution is 7.22. The van der Waals surface area contributed by atoms with Gasteiger partial charge in [-0.3, -0.25) is 9.69 Å². The first-order valence-electron chi connectivity index (χ1n) is 9.10. The quantitative estimate of drug-likeness (QED) is 0.537. The Hall–Kier alpha value is -2.02. The highest BCUT2D eigenvalue weighted by Gasteiger charge is 2.23. The van der Waals surface area contributed by atoms with Crippen molar-refractivity contribution in [1.29, 1.82) is 0 Å². The van der Waals surface area contributed by atoms with Crippen LogP contribution in [0.4, 0.5) is 9.52 Å². The smallest absolute Gasteiger partial charge is 0.263 e. The first kappa shape index (κ1) is 22.3. The van der Waals surface area contributed by atoms with Crippen molar-refractivity contribution in [3.8, 4) is 0 Å². The summed E-state index contributed by atoms with van der Waals surface area (Å²) in [6, 6.07) is 12.3. The largest absolute Gasteiger partial charge is 0.309 e. The predicted molar refractivity (Wildman–Crippen MR) is 117 cm³/mol. The molecule has 0 saturated carbocycles. The van der Waals surface area contributed by atoms with E-state index in [2.05, 4.69) is 28.9 Å². The zero-order chi connectivity index (χ0) is 19.4. The Morgan fingerprint density at radius 3 is 2.57 bits per heavy atom. The monoisotopic (exact) mass is 421 g/mol. The Bertz CT molecular complexity index is 944. The average molecular weight is 422 g/mol. The SMILES string of the molecule is CCc1ccc2nc(N(CCCN(C)C)C(=O)c3ccccc3F)sc2c1.Cl. The number of rotatable bonds is 7. The van der Waals surface area contributed by atoms with E-state index >= 15 is 0 Å². The van der Waals surface area contributed by atoms with Crippen LogP contribution in [-0.2, 0) is 6.42 Å². The van der Waals surface area contributed by atoms with Gasteiger partial charge >= 0.3 is 0 Å². The fraction of sp³-hybridized carbons (Fsp3) is 0.333. The summed E-state index contributed by atoms with van der Waals surface area (Å²) in [7, 11) is 3.99. The molecule has 150 valence electrons. The summed E-state index contributed by atoms with van der Waals surface area (Å²) in [5.74, 6) is -0.851. The lowest BCUT2D eigenvalue weighted by Crippen LogP contribution is -2.34. The maximum Gasteiger partial charge on any atom is 0.263 e. The molecule has 0 saturated heterocycles. The van der Waals surface area contributed by atoms with E-state index in [9.17, 15) is 9.18 Å². The third-order valence-corrected chi connectivity index (χ3v) is 5.46. The van der Waals surface area contributed by atoms with Crippen molar-refractivity contribution in [2.75, 3.05) is 32.1 Å². The molecule has 3 rings (SSSR count). The second kappa shape index (κ2) is 9.96. The van der Waals surface area contributed by atoms with Crippen molar-refractivity contribution in [3.63, 3.8) is 0 Å². The van der Waals surface area contributed by atoms with Crippen molar-refractivity contribution in [2.45, 2.75) is 19.8 Å². The zero-order valence-electron chi connectivity index (χ0n) is 16.3. The molecule has 1 heterocycles. The van der Waals surface area contributed by atoms with E-state index in [1.807, 2.05) is 20.2 Å². The molecule has 0 unspecified atom stereocenters. The molecule has 0 aliphatic heterocycles. The van der Waals surface area contributed by atoms with Gasteiger partial charge in [0.05, 0.1) is 15.8 Å². The maximum absolute atomic E-state index is 14.2. The second-order valence-corrected chi connectivity index (χ2v) is 7.75. The molecule has 0 aliphatic rings. The number of aryl methyl sites for hydroxylation is 1. The number of thiazole rings is 1. The molecule has 0 radical (unpaired) electrons. The van der Waals surface area contributed by atoms with Crippen LogP contribution in [0.2, 0.25) is 0 Å². The normalized spacial score (nSPS) is 10.9. The minimum absolute atomic E-state index is 0. The molecule has 7 heteroatoms. The fourth-order valence-electron chi connectivity index (χ4n) is 2.90. The van der Waals surface area contributed by atoms with Crippen LogP contribution < -0.4 is 4.90 Å². The molecule has 1 amide bonds. The van der Waals surface area contributed by atoms with Gasteiger partial charge in [-0.15, -0.1) is 12.4 Å². The molecular weight excluding hydrogens is 397 g/mol. The third-order valence-electron chi connectivity index (χ3n) is 4.42. The predicted octanol–water partition coefficient (Wildman–Crippen LogP) is 5.02. The van der Waals surface area contributed by atoms with Crippen LogP contribution in [-0.4, -0.2) is 43.0 Å². The van der Waals surface area contributed by atoms with Crippen LogP contribution in [0.1, 0.15) is 29.3 Å². The van der Waals surface area contributed by atoms with Crippen molar-refractivity contribution in [3.05, 3.63) is 59.4 Å². The number of halogens is 2. The fourth-order valence-corrected chi connectivity index (χ4v) is 3.96. The highest BCUT2D eigenvalue weighted by Crippen LogP contribution is 2.31. The lowest BCUT2D eigenvalue weighted by molar-refractivity contribution is 0.0982. The second-order valence-electron chi connectivity index (χ2n) is 6.75. The van der Waals surface area contributed by atoms with E-state index in [0.717, 1.165) is 29.6 Å². The number of fused-ring (bicyclic) bond motifs is 1. The van der Waals surface area contributed by atoms with Gasteiger partial charge in [0.25, 0.3) is 5.91 Å². The minimum Gasteiger partial charge on any atom is -0.309 e. The Morgan fingerprint density at radius 1 is 1.14 bits per heavy atom. The molecule has 0 bridgehead atoms. The molecule has 2 aromatic carbocycles. The lowest BCUT2D eigenvalue weighted by atomic mass is 10.2. The molecule has 0 atom stereocenters. The third kappa shape index (κ3) is 5.07. The molecule has 1 aromatic heterocycles. The average Bonchev–Trinajstić information content (AvgIpc) is 3.07. The Morgan fingerprint density at radius 2 is 1.89 bits per heavy atom. The Kier molecular flexibility index (Phi) is 7.92. The van der Waals surface area contributed by atoms with Gasteiger partial charge in [-0.05, 0) is 63.3 Å². The van der Waals surface area contributed by atoms with Gasteiger partial charge in [-0.2, -0.15) is 0 Å². The van der Waals surface area contributed by atoms with E-state index in [-0.39, 0.29) is 23.9 Å². The molecule has 0 spiro atoms. The van der Waals surface area contributed by atoms with Crippen molar-refractivity contribution in [2.24, 2.45) is 0 Å². The van der Waals surface area contributed by atoms with Crippen LogP contribution >= 0.6 is 23.7 Å². The first-order valence-corrected chi connectivity index (χ1v) is 9.92. The zero-order valence-corrected chi connectivity index (χ0v) is 17.9. The van der Waals surface area contributed by atoms with Crippen LogP contribution in [0.3, 0.4) is 0 Å². The first-order chi connectivity index (χ1) is 13.0. The summed E-state index contributed by atoms with van der Waals surface area (Å²) in [5, 5.41) is 0.616. The Balaban J connectivity index is 0.00000280. The molecule has 4 nitrogen and oxygen atoms in total. The van der Waals surface area contributed by atoms with Gasteiger partial charge in [-0.25, -0.2) is 9.37 Å². The number of carbonyl (C=O) groups excluding carboxylic acids is 1. The number of anilines is 1. The van der Waals surface area contributed by atoms with E-state index < -0.39 is 5.82 Å². The van der Waals surface area contributed by atoms with Gasteiger partial charge < -0.3 is 4.90 Å². The molecule has 0 N–H and O–H groups in total. The maximum atomic E-state index is 14.2. The summed E-state index contributed by atoms with van der Waals surface area (Å²) in [6.07, 6.45) is 1.73. The lowest BCUT2D eigenvalue weighted by Gasteiger charge is -2.21. The van der Waals surface area contributed by atoms with Crippen LogP contribution in [0, 0.1) is 5.82 Å². The number of hydrogen-bond donors (Lipinski definition) is 0. The minimum atomic E-state index is -0.505. The van der Waals surface area contributed by atoms with Gasteiger partial charge in [0.15, 0.2) is 5.13 Å². The summed E-state index contributed by atoms with van der Waals surface area (Å²) >= 11 is 1.48. The molecule has 28 heavy (non-hydrogen) atoms. The number of benzene rings is 2. The summed E-state index contributed by atoms with van der Waals surface area (Å²) in [4.78, 5) is 21.4. The topological polar surface area (TPSA) is 36.4 Å². The van der Waals surface area contributed by atoms with Crippen molar-refractivity contribution in [1.82, 2.24) is 9.88 Å². The van der Waals surface area contributed by atoms with E-state index in [0.29, 0.717) is 11.7 Å². The number of carbonyl (C=O) groups is 1. The molecule has 3 aromatic rings. The Labute approximate surface area is 175 Å². The van der Waals surface area contributed by atoms with Gasteiger partial charge in [0, 0.05) is 6.54 Å². The number of amides is 1. The number of hydrogen-bond acceptors (Lipinski definition) is 4. The van der Waals surface area contributed by atoms with Crippen LogP contribution in [0.25, 0.3) is 10.2 Å². The van der Waals surface area contributed by atoms with Crippen molar-refractivity contribution >= 4 is 45.0 Å². The van der Waals surface area contributed by atoms with Crippen LogP contribution in [0.5, 0.6) is 0 Å². The van der Waals surface area contributed by atoms with E-state index in [4.69, 9.17) is 0 Å². The standard InChI is InChI=1S/C21H24FN3OS.ClH/c1-4-15-10-11-18-19(14-15)27-21(23-18)25(13-7-12-24(2)3)20(26)16-8-5-6-9-17(16)22;/h5-6,8-11,14H,4,7,12-13H2,1-3H3;1H. The summed E-state index contributed by atoms with van der Waals surface area (Å²) in [5.41, 5.74) is 2.18. The highest BCUT2D eigenvalue weighted by atomic mass is 35.5. The van der Waals surface area contributed by atoms with Crippen molar-refractivity contribution < 1.29 is 9.18 Å². The van der Waals surface area contributed by atoms with E-state index in [1.54, 1.807) is 17.0 Å². The summed E-state index contributed by atoms with van der Waals surface area (Å²) in [6.45, 7) is 3.44. The molecule has 0 fully saturated rings. The van der Waals surface area contributed by atoms with Crippen LogP contribution in [0.15, 0.2) is 42.5 Å².